The molecule has 2 aliphatic carbocycles. The molecule has 0 radical (unpaired) electrons. The molecule has 5 atom stereocenters. The maximum Gasteiger partial charge on any atom is 0.264 e. The summed E-state index contributed by atoms with van der Waals surface area (Å²) in [6.45, 7) is 2.07. The van der Waals surface area contributed by atoms with E-state index in [1.807, 2.05) is 6.07 Å². The van der Waals surface area contributed by atoms with Gasteiger partial charge in [0, 0.05) is 37.7 Å². The van der Waals surface area contributed by atoms with Crippen molar-refractivity contribution in [2.45, 2.75) is 61.4 Å². The number of anilines is 1. The first-order chi connectivity index (χ1) is 20.7. The number of hydrogen-bond acceptors (Lipinski definition) is 7. The van der Waals surface area contributed by atoms with E-state index in [0.717, 1.165) is 49.4 Å². The molecule has 2 bridgehead atoms. The van der Waals surface area contributed by atoms with Crippen LogP contribution in [0.3, 0.4) is 0 Å². The standard InChI is InChI=1S/C33H41ClN2O6S/c1-40-19-24-6-3-4-8-30(41-2)27-12-9-23(27)18-36-20-33(15-5-7-22-16-25(34)10-13-28(22)33)21-42-31-14-11-26(17-29(31)36)43(38,39)35-32(24)37/h4,8,10-11,13-14,16-17,23-24,27,30H,3,5-7,9,12,15,18-21H2,1-2H3,(H,35,37)/b8-4+/t23-,24-,27+,30+,33-/m0/s1. The Bertz CT molecular complexity index is 1500. The second-order valence-electron chi connectivity index (χ2n) is 12.6. The first-order valence-electron chi connectivity index (χ1n) is 15.3. The number of hydrogen-bond donors (Lipinski definition) is 1. The molecule has 2 aliphatic heterocycles. The molecule has 1 saturated carbocycles. The van der Waals surface area contributed by atoms with Crippen LogP contribution in [-0.4, -0.2) is 61.0 Å². The predicted molar refractivity (Wildman–Crippen MR) is 166 cm³/mol. The SMILES string of the molecule is COC[C@@H]1CC/C=C/[C@@H](OC)[C@@H]2CC[C@H]2CN2C[C@@]3(CCCc4cc(Cl)ccc43)COc3ccc(cc32)S(=O)(=O)NC1=O. The third kappa shape index (κ3) is 6.06. The number of nitrogens with one attached hydrogen (secondary N) is 1. The van der Waals surface area contributed by atoms with Gasteiger partial charge in [-0.05, 0) is 98.2 Å². The maximum absolute atomic E-state index is 13.6. The Morgan fingerprint density at radius 1 is 1.14 bits per heavy atom. The first kappa shape index (κ1) is 30.4. The lowest BCUT2D eigenvalue weighted by molar-refractivity contribution is -0.125. The quantitative estimate of drug-likeness (QED) is 0.463. The number of nitrogens with zero attached hydrogens (tertiary/aromatic N) is 1. The average Bonchev–Trinajstić information content (AvgIpc) is 3.12. The molecule has 0 aromatic heterocycles. The van der Waals surface area contributed by atoms with Gasteiger partial charge >= 0.3 is 0 Å². The Morgan fingerprint density at radius 3 is 2.77 bits per heavy atom. The van der Waals surface area contributed by atoms with Crippen molar-refractivity contribution in [1.82, 2.24) is 4.72 Å². The summed E-state index contributed by atoms with van der Waals surface area (Å²) in [4.78, 5) is 15.5. The highest BCUT2D eigenvalue weighted by Gasteiger charge is 2.44. The van der Waals surface area contributed by atoms with Gasteiger partial charge in [0.1, 0.15) is 5.75 Å². The second kappa shape index (κ2) is 12.4. The number of sulfonamides is 1. The molecule has 6 rings (SSSR count). The molecule has 1 spiro atoms. The number of halogens is 1. The number of allylic oxidation sites excluding steroid dienone is 1. The lowest BCUT2D eigenvalue weighted by Crippen LogP contribution is -2.49. The van der Waals surface area contributed by atoms with E-state index in [1.165, 1.54) is 24.3 Å². The fourth-order valence-corrected chi connectivity index (χ4v) is 8.75. The zero-order valence-corrected chi connectivity index (χ0v) is 26.5. The van der Waals surface area contributed by atoms with Gasteiger partial charge in [-0.2, -0.15) is 0 Å². The van der Waals surface area contributed by atoms with Crippen molar-refractivity contribution in [3.63, 3.8) is 0 Å². The average molecular weight is 629 g/mol. The van der Waals surface area contributed by atoms with Gasteiger partial charge in [-0.25, -0.2) is 13.1 Å². The number of aryl methyl sites for hydroxylation is 1. The normalized spacial score (nSPS) is 31.0. The highest BCUT2D eigenvalue weighted by molar-refractivity contribution is 7.90. The zero-order valence-electron chi connectivity index (χ0n) is 24.9. The fourth-order valence-electron chi connectivity index (χ4n) is 7.49. The molecule has 232 valence electrons. The van der Waals surface area contributed by atoms with Gasteiger partial charge in [0.15, 0.2) is 0 Å². The molecule has 1 N–H and O–H groups in total. The van der Waals surface area contributed by atoms with E-state index < -0.39 is 21.8 Å². The van der Waals surface area contributed by atoms with Crippen LogP contribution < -0.4 is 14.4 Å². The van der Waals surface area contributed by atoms with Crippen LogP contribution in [0.2, 0.25) is 5.02 Å². The number of carbonyl (C=O) groups excluding carboxylic acids is 1. The third-order valence-electron chi connectivity index (χ3n) is 9.93. The minimum atomic E-state index is -4.12. The minimum Gasteiger partial charge on any atom is -0.490 e. The molecule has 0 saturated heterocycles. The summed E-state index contributed by atoms with van der Waals surface area (Å²) in [5.41, 5.74) is 2.99. The van der Waals surface area contributed by atoms with E-state index in [1.54, 1.807) is 19.2 Å². The van der Waals surface area contributed by atoms with Crippen molar-refractivity contribution in [3.8, 4) is 5.75 Å². The molecule has 2 aromatic rings. The summed E-state index contributed by atoms with van der Waals surface area (Å²) >= 11 is 6.40. The number of fused-ring (bicyclic) bond motifs is 4. The smallest absolute Gasteiger partial charge is 0.264 e. The number of amides is 1. The third-order valence-corrected chi connectivity index (χ3v) is 11.5. The van der Waals surface area contributed by atoms with Crippen molar-refractivity contribution in [2.24, 2.45) is 17.8 Å². The number of rotatable bonds is 3. The van der Waals surface area contributed by atoms with E-state index in [0.29, 0.717) is 43.6 Å². The Morgan fingerprint density at radius 2 is 2.00 bits per heavy atom. The van der Waals surface area contributed by atoms with Crippen LogP contribution in [-0.2, 0) is 36.1 Å². The van der Waals surface area contributed by atoms with Crippen LogP contribution in [0.5, 0.6) is 5.75 Å². The lowest BCUT2D eigenvalue weighted by atomic mass is 9.68. The lowest BCUT2D eigenvalue weighted by Gasteiger charge is -2.46. The highest BCUT2D eigenvalue weighted by atomic mass is 35.5. The van der Waals surface area contributed by atoms with Gasteiger partial charge in [0.25, 0.3) is 10.0 Å². The summed E-state index contributed by atoms with van der Waals surface area (Å²) in [7, 11) is -0.849. The molecule has 10 heteroatoms. The predicted octanol–water partition coefficient (Wildman–Crippen LogP) is 5.27. The Labute approximate surface area is 259 Å². The van der Waals surface area contributed by atoms with Gasteiger partial charge in [-0.1, -0.05) is 29.8 Å². The Hall–Kier alpha value is -2.59. The van der Waals surface area contributed by atoms with Gasteiger partial charge in [-0.3, -0.25) is 4.79 Å². The topological polar surface area (TPSA) is 94.2 Å². The van der Waals surface area contributed by atoms with Crippen LogP contribution in [0.15, 0.2) is 53.4 Å². The molecule has 1 amide bonds. The van der Waals surface area contributed by atoms with Crippen molar-refractivity contribution in [3.05, 3.63) is 64.7 Å². The van der Waals surface area contributed by atoms with Crippen LogP contribution in [0.1, 0.15) is 49.7 Å². The molecule has 8 nitrogen and oxygen atoms in total. The van der Waals surface area contributed by atoms with Crippen LogP contribution in [0.4, 0.5) is 5.69 Å². The van der Waals surface area contributed by atoms with Gasteiger partial charge in [0.05, 0.1) is 35.8 Å². The summed E-state index contributed by atoms with van der Waals surface area (Å²) < 4.78 is 47.2. The molecule has 0 unspecified atom stereocenters. The zero-order chi connectivity index (χ0) is 30.2. The van der Waals surface area contributed by atoms with Gasteiger partial charge < -0.3 is 19.1 Å². The first-order valence-corrected chi connectivity index (χ1v) is 17.1. The number of ether oxygens (including phenoxy) is 3. The number of carbonyl (C=O) groups is 1. The molecule has 2 heterocycles. The van der Waals surface area contributed by atoms with Crippen LogP contribution >= 0.6 is 11.6 Å². The molecular formula is C33H41ClN2O6S. The van der Waals surface area contributed by atoms with Crippen LogP contribution in [0.25, 0.3) is 0 Å². The summed E-state index contributed by atoms with van der Waals surface area (Å²) in [6.07, 6.45) is 10.3. The van der Waals surface area contributed by atoms with E-state index in [9.17, 15) is 13.2 Å². The van der Waals surface area contributed by atoms with E-state index in [2.05, 4.69) is 33.9 Å². The number of methoxy groups -OCH3 is 2. The molecule has 2 aromatic carbocycles. The molecule has 4 aliphatic rings. The minimum absolute atomic E-state index is 0.0257. The van der Waals surface area contributed by atoms with E-state index in [-0.39, 0.29) is 23.0 Å². The van der Waals surface area contributed by atoms with E-state index in [4.69, 9.17) is 25.8 Å². The van der Waals surface area contributed by atoms with Crippen molar-refractivity contribution >= 4 is 33.2 Å². The fraction of sp³-hybridized carbons (Fsp3) is 0.545. The van der Waals surface area contributed by atoms with Crippen molar-refractivity contribution < 1.29 is 27.4 Å². The summed E-state index contributed by atoms with van der Waals surface area (Å²) in [6, 6.07) is 11.1. The Kier molecular flexibility index (Phi) is 8.79. The van der Waals surface area contributed by atoms with Gasteiger partial charge in [0.2, 0.25) is 5.91 Å². The van der Waals surface area contributed by atoms with E-state index >= 15 is 0 Å². The molecule has 43 heavy (non-hydrogen) atoms. The Balaban J connectivity index is 1.43. The number of benzene rings is 2. The summed E-state index contributed by atoms with van der Waals surface area (Å²) in [5, 5.41) is 0.735. The summed E-state index contributed by atoms with van der Waals surface area (Å²) in [5.74, 6) is 0.208. The van der Waals surface area contributed by atoms with Gasteiger partial charge in [-0.15, -0.1) is 0 Å². The van der Waals surface area contributed by atoms with Crippen LogP contribution in [0, 0.1) is 17.8 Å². The second-order valence-corrected chi connectivity index (χ2v) is 14.7. The molecular weight excluding hydrogens is 588 g/mol. The maximum atomic E-state index is 13.6. The molecule has 1 fully saturated rings. The monoisotopic (exact) mass is 628 g/mol. The largest absolute Gasteiger partial charge is 0.490 e. The van der Waals surface area contributed by atoms with Crippen molar-refractivity contribution in [2.75, 3.05) is 45.4 Å². The highest BCUT2D eigenvalue weighted by Crippen LogP contribution is 2.47. The van der Waals surface area contributed by atoms with Crippen molar-refractivity contribution in [1.29, 1.82) is 0 Å².